The van der Waals surface area contributed by atoms with E-state index in [1.807, 2.05) is 18.2 Å². The highest BCUT2D eigenvalue weighted by molar-refractivity contribution is 9.10. The smallest absolute Gasteiger partial charge is 0.255 e. The van der Waals surface area contributed by atoms with Crippen molar-refractivity contribution >= 4 is 32.7 Å². The molecule has 5 heteroatoms. The minimum absolute atomic E-state index is 0.105. The molecule has 0 N–H and O–H groups in total. The first-order valence-corrected chi connectivity index (χ1v) is 13.2. The lowest BCUT2D eigenvalue weighted by molar-refractivity contribution is 0.0709. The summed E-state index contributed by atoms with van der Waals surface area (Å²) < 4.78 is 9.14. The number of amides is 1. The number of aromatic nitrogens is 1. The van der Waals surface area contributed by atoms with Gasteiger partial charge >= 0.3 is 0 Å². The molecule has 35 heavy (non-hydrogen) atoms. The molecule has 0 bridgehead atoms. The lowest BCUT2D eigenvalue weighted by Gasteiger charge is -2.27. The van der Waals surface area contributed by atoms with Gasteiger partial charge in [0.15, 0.2) is 0 Å². The molecule has 4 aromatic rings. The van der Waals surface area contributed by atoms with Crippen molar-refractivity contribution in [2.75, 3.05) is 19.8 Å². The molecular weight excluding hydrogens is 500 g/mol. The Kier molecular flexibility index (Phi) is 7.07. The van der Waals surface area contributed by atoms with Crippen molar-refractivity contribution in [1.82, 2.24) is 9.47 Å². The number of nitrogens with zero attached hydrogens (tertiary/aromatic N) is 2. The maximum Gasteiger partial charge on any atom is 0.255 e. The van der Waals surface area contributed by atoms with Crippen LogP contribution in [0.15, 0.2) is 77.3 Å². The lowest BCUT2D eigenvalue weighted by atomic mass is 9.93. The number of para-hydroxylation sites is 1. The van der Waals surface area contributed by atoms with E-state index in [1.165, 1.54) is 16.5 Å². The second kappa shape index (κ2) is 10.4. The molecular formula is C30H31BrN2O2. The fourth-order valence-electron chi connectivity index (χ4n) is 5.25. The molecule has 5 rings (SSSR count). The molecule has 0 saturated carbocycles. The van der Waals surface area contributed by atoms with Crippen LogP contribution in [0, 0.1) is 0 Å². The van der Waals surface area contributed by atoms with Crippen LogP contribution in [0.2, 0.25) is 0 Å². The number of fused-ring (bicyclic) bond motifs is 2. The molecule has 1 aliphatic heterocycles. The third kappa shape index (κ3) is 4.43. The standard InChI is InChI=1S/C30H31BrN2O2/c1-3-4-19-35-20-9-18-33-29(23-10-5-6-11-24(23)30(33)34)27-25-12-7-8-13-26(25)32(2)28(27)21-14-16-22(31)17-15-21/h5-8,10-17,29H,3-4,9,18-20H2,1-2H3/t29-/m1/s1. The van der Waals surface area contributed by atoms with Crippen molar-refractivity contribution < 1.29 is 9.53 Å². The van der Waals surface area contributed by atoms with Crippen LogP contribution >= 0.6 is 15.9 Å². The van der Waals surface area contributed by atoms with Crippen molar-refractivity contribution in [3.05, 3.63) is 94.0 Å². The predicted octanol–water partition coefficient (Wildman–Crippen LogP) is 7.36. The molecule has 180 valence electrons. The Balaban J connectivity index is 1.62. The van der Waals surface area contributed by atoms with Gasteiger partial charge in [-0.2, -0.15) is 0 Å². The Morgan fingerprint density at radius 1 is 0.914 bits per heavy atom. The van der Waals surface area contributed by atoms with Crippen LogP contribution in [0.5, 0.6) is 0 Å². The Morgan fingerprint density at radius 3 is 2.43 bits per heavy atom. The quantitative estimate of drug-likeness (QED) is 0.212. The third-order valence-electron chi connectivity index (χ3n) is 6.93. The predicted molar refractivity (Wildman–Crippen MR) is 146 cm³/mol. The minimum Gasteiger partial charge on any atom is -0.381 e. The van der Waals surface area contributed by atoms with Crippen LogP contribution in [-0.2, 0) is 11.8 Å². The van der Waals surface area contributed by atoms with Crippen LogP contribution < -0.4 is 0 Å². The summed E-state index contributed by atoms with van der Waals surface area (Å²) in [6, 6.07) is 24.9. The number of rotatable bonds is 9. The number of ether oxygens (including phenoxy) is 1. The molecule has 0 aliphatic carbocycles. The Bertz CT molecular complexity index is 1340. The zero-order valence-electron chi connectivity index (χ0n) is 20.3. The highest BCUT2D eigenvalue weighted by Crippen LogP contribution is 2.46. The zero-order chi connectivity index (χ0) is 24.4. The molecule has 0 radical (unpaired) electrons. The topological polar surface area (TPSA) is 34.5 Å². The number of benzene rings is 3. The van der Waals surface area contributed by atoms with Gasteiger partial charge in [-0.3, -0.25) is 4.79 Å². The summed E-state index contributed by atoms with van der Waals surface area (Å²) >= 11 is 3.57. The maximum atomic E-state index is 13.7. The summed E-state index contributed by atoms with van der Waals surface area (Å²) in [6.07, 6.45) is 3.02. The molecule has 1 amide bonds. The normalized spacial score (nSPS) is 15.2. The number of halogens is 1. The number of unbranched alkanes of at least 4 members (excludes halogenated alkanes) is 1. The Hall–Kier alpha value is -2.89. The van der Waals surface area contributed by atoms with Gasteiger partial charge < -0.3 is 14.2 Å². The maximum absolute atomic E-state index is 13.7. The second-order valence-electron chi connectivity index (χ2n) is 9.15. The van der Waals surface area contributed by atoms with Crippen molar-refractivity contribution in [2.45, 2.75) is 32.2 Å². The van der Waals surface area contributed by atoms with Gasteiger partial charge in [0, 0.05) is 53.3 Å². The summed E-state index contributed by atoms with van der Waals surface area (Å²) in [5.74, 6) is 0.105. The van der Waals surface area contributed by atoms with E-state index in [2.05, 4.69) is 94.0 Å². The summed E-state index contributed by atoms with van der Waals surface area (Å²) in [5, 5.41) is 1.19. The van der Waals surface area contributed by atoms with Gasteiger partial charge in [-0.1, -0.05) is 77.8 Å². The van der Waals surface area contributed by atoms with Crippen LogP contribution in [0.4, 0.5) is 0 Å². The summed E-state index contributed by atoms with van der Waals surface area (Å²) in [7, 11) is 2.12. The molecule has 3 aromatic carbocycles. The molecule has 0 spiro atoms. The molecule has 4 nitrogen and oxygen atoms in total. The monoisotopic (exact) mass is 530 g/mol. The van der Waals surface area contributed by atoms with Gasteiger partial charge in [0.05, 0.1) is 11.7 Å². The third-order valence-corrected chi connectivity index (χ3v) is 7.45. The second-order valence-corrected chi connectivity index (χ2v) is 10.1. The fourth-order valence-corrected chi connectivity index (χ4v) is 5.52. The number of hydrogen-bond acceptors (Lipinski definition) is 2. The van der Waals surface area contributed by atoms with E-state index in [9.17, 15) is 4.79 Å². The van der Waals surface area contributed by atoms with Gasteiger partial charge in [-0.05, 0) is 48.2 Å². The molecule has 0 unspecified atom stereocenters. The van der Waals surface area contributed by atoms with Crippen molar-refractivity contribution in [3.8, 4) is 11.3 Å². The van der Waals surface area contributed by atoms with E-state index < -0.39 is 0 Å². The van der Waals surface area contributed by atoms with Gasteiger partial charge in [0.1, 0.15) is 0 Å². The van der Waals surface area contributed by atoms with Gasteiger partial charge in [-0.25, -0.2) is 0 Å². The average Bonchev–Trinajstić information content (AvgIpc) is 3.33. The first-order valence-electron chi connectivity index (χ1n) is 12.4. The molecule has 1 aromatic heterocycles. The minimum atomic E-state index is -0.140. The van der Waals surface area contributed by atoms with Crippen LogP contribution in [0.1, 0.15) is 53.7 Å². The summed E-state index contributed by atoms with van der Waals surface area (Å²) in [4.78, 5) is 15.7. The largest absolute Gasteiger partial charge is 0.381 e. The van der Waals surface area contributed by atoms with E-state index in [4.69, 9.17) is 4.74 Å². The van der Waals surface area contributed by atoms with Gasteiger partial charge in [0.25, 0.3) is 5.91 Å². The van der Waals surface area contributed by atoms with E-state index in [-0.39, 0.29) is 11.9 Å². The number of carbonyl (C=O) groups is 1. The zero-order valence-corrected chi connectivity index (χ0v) is 21.9. The van der Waals surface area contributed by atoms with Crippen LogP contribution in [0.3, 0.4) is 0 Å². The summed E-state index contributed by atoms with van der Waals surface area (Å²) in [6.45, 7) is 4.28. The first-order chi connectivity index (χ1) is 17.1. The molecule has 2 heterocycles. The fraction of sp³-hybridized carbons (Fsp3) is 0.300. The highest BCUT2D eigenvalue weighted by atomic mass is 79.9. The molecule has 1 atom stereocenters. The van der Waals surface area contributed by atoms with E-state index in [0.717, 1.165) is 52.7 Å². The van der Waals surface area contributed by atoms with Crippen LogP contribution in [0.25, 0.3) is 22.2 Å². The van der Waals surface area contributed by atoms with E-state index >= 15 is 0 Å². The summed E-state index contributed by atoms with van der Waals surface area (Å²) in [5.41, 5.74) is 6.54. The highest BCUT2D eigenvalue weighted by Gasteiger charge is 2.40. The Labute approximate surface area is 215 Å². The number of hydrogen-bond donors (Lipinski definition) is 0. The lowest BCUT2D eigenvalue weighted by Crippen LogP contribution is -2.30. The Morgan fingerprint density at radius 2 is 1.63 bits per heavy atom. The van der Waals surface area contributed by atoms with E-state index in [1.54, 1.807) is 0 Å². The van der Waals surface area contributed by atoms with Gasteiger partial charge in [-0.15, -0.1) is 0 Å². The van der Waals surface area contributed by atoms with Crippen LogP contribution in [-0.4, -0.2) is 35.1 Å². The van der Waals surface area contributed by atoms with Crippen molar-refractivity contribution in [1.29, 1.82) is 0 Å². The number of carbonyl (C=O) groups excluding carboxylic acids is 1. The SMILES string of the molecule is CCCCOCCCN1C(=O)c2ccccc2[C@@H]1c1c(-c2ccc(Br)cc2)n(C)c2ccccc12. The van der Waals surface area contributed by atoms with Crippen molar-refractivity contribution in [2.24, 2.45) is 7.05 Å². The molecule has 0 saturated heterocycles. The molecule has 0 fully saturated rings. The molecule has 1 aliphatic rings. The van der Waals surface area contributed by atoms with E-state index in [0.29, 0.717) is 13.2 Å². The average molecular weight is 531 g/mol. The van der Waals surface area contributed by atoms with Gasteiger partial charge in [0.2, 0.25) is 0 Å². The van der Waals surface area contributed by atoms with Crippen molar-refractivity contribution in [3.63, 3.8) is 0 Å². The first kappa shape index (κ1) is 23.8. The number of aryl methyl sites for hydroxylation is 1.